The molecule has 1 N–H and O–H groups in total. The van der Waals surface area contributed by atoms with Crippen molar-refractivity contribution < 1.29 is 14.3 Å². The molecule has 0 aromatic heterocycles. The van der Waals surface area contributed by atoms with Crippen LogP contribution in [0.4, 0.5) is 0 Å². The number of carbonyl (C=O) groups excluding carboxylic acids is 1. The summed E-state index contributed by atoms with van der Waals surface area (Å²) in [4.78, 5) is 11.9. The lowest BCUT2D eigenvalue weighted by Gasteiger charge is -2.17. The van der Waals surface area contributed by atoms with Crippen LogP contribution in [0.3, 0.4) is 0 Å². The monoisotopic (exact) mass is 317 g/mol. The molecule has 1 aromatic carbocycles. The summed E-state index contributed by atoms with van der Waals surface area (Å²) >= 11 is 11.9. The molecule has 2 atom stereocenters. The van der Waals surface area contributed by atoms with E-state index >= 15 is 0 Å². The lowest BCUT2D eigenvalue weighted by Crippen LogP contribution is -2.40. The van der Waals surface area contributed by atoms with E-state index in [2.05, 4.69) is 5.32 Å². The summed E-state index contributed by atoms with van der Waals surface area (Å²) in [5.74, 6) is 0.204. The zero-order valence-corrected chi connectivity index (χ0v) is 12.7. The molecule has 4 nitrogen and oxygen atoms in total. The van der Waals surface area contributed by atoms with Gasteiger partial charge in [0.15, 0.2) is 6.10 Å². The maximum Gasteiger partial charge on any atom is 0.260 e. The summed E-state index contributed by atoms with van der Waals surface area (Å²) in [5, 5.41) is 3.75. The lowest BCUT2D eigenvalue weighted by atomic mass is 10.2. The van der Waals surface area contributed by atoms with Crippen LogP contribution in [0.1, 0.15) is 19.8 Å². The number of hydrogen-bond donors (Lipinski definition) is 1. The smallest absolute Gasteiger partial charge is 0.260 e. The SMILES string of the molecule is CC(Oc1cc(Cl)ccc1Cl)C(=O)NCC1CCCO1. The van der Waals surface area contributed by atoms with Crippen LogP contribution in [0.25, 0.3) is 0 Å². The molecule has 110 valence electrons. The second-order valence-corrected chi connectivity index (χ2v) is 5.56. The fourth-order valence-corrected chi connectivity index (χ4v) is 2.30. The van der Waals surface area contributed by atoms with Gasteiger partial charge in [-0.05, 0) is 31.9 Å². The standard InChI is InChI=1S/C14H17Cl2NO3/c1-9(14(18)17-8-11-3-2-6-19-11)20-13-7-10(15)4-5-12(13)16/h4-5,7,9,11H,2-3,6,8H2,1H3,(H,17,18). The Kier molecular flexibility index (Phi) is 5.52. The molecule has 0 spiro atoms. The highest BCUT2D eigenvalue weighted by molar-refractivity contribution is 6.34. The predicted octanol–water partition coefficient (Wildman–Crippen LogP) is 3.06. The van der Waals surface area contributed by atoms with Crippen molar-refractivity contribution in [2.75, 3.05) is 13.2 Å². The fraction of sp³-hybridized carbons (Fsp3) is 0.500. The summed E-state index contributed by atoms with van der Waals surface area (Å²) in [6, 6.07) is 4.89. The van der Waals surface area contributed by atoms with Crippen molar-refractivity contribution in [3.63, 3.8) is 0 Å². The van der Waals surface area contributed by atoms with Gasteiger partial charge in [-0.3, -0.25) is 4.79 Å². The lowest BCUT2D eigenvalue weighted by molar-refractivity contribution is -0.127. The Morgan fingerprint density at radius 2 is 2.35 bits per heavy atom. The van der Waals surface area contributed by atoms with E-state index in [1.54, 1.807) is 25.1 Å². The van der Waals surface area contributed by atoms with E-state index < -0.39 is 6.10 Å². The Labute approximate surface area is 128 Å². The Morgan fingerprint density at radius 1 is 1.55 bits per heavy atom. The maximum atomic E-state index is 11.9. The molecule has 6 heteroatoms. The Morgan fingerprint density at radius 3 is 3.05 bits per heavy atom. The van der Waals surface area contributed by atoms with Crippen LogP contribution in [0.2, 0.25) is 10.0 Å². The molecular weight excluding hydrogens is 301 g/mol. The molecule has 1 aliphatic rings. The molecule has 0 aliphatic carbocycles. The molecule has 20 heavy (non-hydrogen) atoms. The number of benzene rings is 1. The number of ether oxygens (including phenoxy) is 2. The number of hydrogen-bond acceptors (Lipinski definition) is 3. The summed E-state index contributed by atoms with van der Waals surface area (Å²) in [6.45, 7) is 2.95. The largest absolute Gasteiger partial charge is 0.479 e. The average Bonchev–Trinajstić information content (AvgIpc) is 2.93. The molecule has 0 radical (unpaired) electrons. The minimum atomic E-state index is -0.646. The van der Waals surface area contributed by atoms with Gasteiger partial charge in [-0.25, -0.2) is 0 Å². The van der Waals surface area contributed by atoms with Crippen LogP contribution in [0, 0.1) is 0 Å². The minimum absolute atomic E-state index is 0.112. The van der Waals surface area contributed by atoms with Gasteiger partial charge in [0.2, 0.25) is 0 Å². The van der Waals surface area contributed by atoms with Crippen LogP contribution in [0.15, 0.2) is 18.2 Å². The molecule has 1 aromatic rings. The quantitative estimate of drug-likeness (QED) is 0.908. The molecule has 0 bridgehead atoms. The van der Waals surface area contributed by atoms with E-state index in [1.807, 2.05) is 0 Å². The third-order valence-corrected chi connectivity index (χ3v) is 3.64. The van der Waals surface area contributed by atoms with Gasteiger partial charge in [-0.15, -0.1) is 0 Å². The first-order chi connectivity index (χ1) is 9.56. The molecule has 0 saturated carbocycles. The van der Waals surface area contributed by atoms with Crippen molar-refractivity contribution in [1.82, 2.24) is 5.32 Å². The highest BCUT2D eigenvalue weighted by atomic mass is 35.5. The molecule has 1 aliphatic heterocycles. The number of amides is 1. The van der Waals surface area contributed by atoms with Crippen molar-refractivity contribution in [2.24, 2.45) is 0 Å². The van der Waals surface area contributed by atoms with Crippen molar-refractivity contribution in [3.05, 3.63) is 28.2 Å². The normalized spacial score (nSPS) is 19.6. The number of halogens is 2. The van der Waals surface area contributed by atoms with Gasteiger partial charge in [0.05, 0.1) is 11.1 Å². The zero-order valence-electron chi connectivity index (χ0n) is 11.2. The Balaban J connectivity index is 1.85. The summed E-state index contributed by atoms with van der Waals surface area (Å²) in [6.07, 6.45) is 1.49. The number of carbonyl (C=O) groups is 1. The van der Waals surface area contributed by atoms with Crippen molar-refractivity contribution in [2.45, 2.75) is 32.0 Å². The first-order valence-electron chi connectivity index (χ1n) is 6.57. The van der Waals surface area contributed by atoms with Crippen molar-refractivity contribution >= 4 is 29.1 Å². The highest BCUT2D eigenvalue weighted by Crippen LogP contribution is 2.28. The van der Waals surface area contributed by atoms with Gasteiger partial charge in [0.1, 0.15) is 5.75 Å². The van der Waals surface area contributed by atoms with E-state index in [0.29, 0.717) is 22.3 Å². The summed E-state index contributed by atoms with van der Waals surface area (Å²) in [7, 11) is 0. The summed E-state index contributed by atoms with van der Waals surface area (Å²) < 4.78 is 11.0. The minimum Gasteiger partial charge on any atom is -0.479 e. The van der Waals surface area contributed by atoms with Gasteiger partial charge in [0.25, 0.3) is 5.91 Å². The predicted molar refractivity (Wildman–Crippen MR) is 78.5 cm³/mol. The van der Waals surface area contributed by atoms with Gasteiger partial charge < -0.3 is 14.8 Å². The molecule has 1 fully saturated rings. The Hall–Kier alpha value is -0.970. The van der Waals surface area contributed by atoms with E-state index in [1.165, 1.54) is 0 Å². The maximum absolute atomic E-state index is 11.9. The zero-order chi connectivity index (χ0) is 14.5. The van der Waals surface area contributed by atoms with E-state index in [4.69, 9.17) is 32.7 Å². The average molecular weight is 318 g/mol. The van der Waals surface area contributed by atoms with Gasteiger partial charge in [-0.2, -0.15) is 0 Å². The van der Waals surface area contributed by atoms with Crippen LogP contribution < -0.4 is 10.1 Å². The van der Waals surface area contributed by atoms with E-state index in [9.17, 15) is 4.79 Å². The molecule has 1 amide bonds. The summed E-state index contributed by atoms with van der Waals surface area (Å²) in [5.41, 5.74) is 0. The van der Waals surface area contributed by atoms with Crippen molar-refractivity contribution in [3.8, 4) is 5.75 Å². The number of nitrogens with one attached hydrogen (secondary N) is 1. The van der Waals surface area contributed by atoms with Gasteiger partial charge >= 0.3 is 0 Å². The number of rotatable bonds is 5. The first-order valence-corrected chi connectivity index (χ1v) is 7.33. The van der Waals surface area contributed by atoms with E-state index in [-0.39, 0.29) is 12.0 Å². The highest BCUT2D eigenvalue weighted by Gasteiger charge is 2.20. The first kappa shape index (κ1) is 15.4. The topological polar surface area (TPSA) is 47.6 Å². The molecule has 2 unspecified atom stereocenters. The second-order valence-electron chi connectivity index (χ2n) is 4.72. The molecule has 1 saturated heterocycles. The van der Waals surface area contributed by atoms with Crippen LogP contribution in [0.5, 0.6) is 5.75 Å². The van der Waals surface area contributed by atoms with Gasteiger partial charge in [0, 0.05) is 24.2 Å². The molecule has 1 heterocycles. The fourth-order valence-electron chi connectivity index (χ4n) is 1.97. The third-order valence-electron chi connectivity index (χ3n) is 3.09. The van der Waals surface area contributed by atoms with Crippen LogP contribution >= 0.6 is 23.2 Å². The van der Waals surface area contributed by atoms with Crippen molar-refractivity contribution in [1.29, 1.82) is 0 Å². The molecular formula is C14H17Cl2NO3. The van der Waals surface area contributed by atoms with Crippen LogP contribution in [-0.2, 0) is 9.53 Å². The Bertz CT molecular complexity index is 475. The van der Waals surface area contributed by atoms with Crippen LogP contribution in [-0.4, -0.2) is 31.3 Å². The van der Waals surface area contributed by atoms with E-state index in [0.717, 1.165) is 19.4 Å². The molecule has 2 rings (SSSR count). The third kappa shape index (κ3) is 4.27. The second kappa shape index (κ2) is 7.16. The van der Waals surface area contributed by atoms with Gasteiger partial charge in [-0.1, -0.05) is 23.2 Å².